The van der Waals surface area contributed by atoms with Crippen LogP contribution in [0.2, 0.25) is 0 Å². The fourth-order valence-corrected chi connectivity index (χ4v) is 1.28. The monoisotopic (exact) mass is 184 g/mol. The molecule has 0 aromatic carbocycles. The van der Waals surface area contributed by atoms with Crippen molar-refractivity contribution in [2.24, 2.45) is 0 Å². The maximum atomic E-state index is 8.99. The lowest BCUT2D eigenvalue weighted by Gasteiger charge is -2.14. The normalized spacial score (nSPS) is 13.2. The van der Waals surface area contributed by atoms with Gasteiger partial charge in [-0.3, -0.25) is 0 Å². The van der Waals surface area contributed by atoms with Gasteiger partial charge in [-0.05, 0) is 13.3 Å². The Balaban J connectivity index is 2.59. The van der Waals surface area contributed by atoms with Crippen LogP contribution in [0.1, 0.15) is 25.1 Å². The molecule has 0 aliphatic rings. The third kappa shape index (κ3) is 2.54. The minimum absolute atomic E-state index is 0.0390. The highest BCUT2D eigenvalue weighted by Crippen LogP contribution is 2.13. The van der Waals surface area contributed by atoms with Gasteiger partial charge in [0.25, 0.3) is 0 Å². The van der Waals surface area contributed by atoms with Crippen LogP contribution in [0.3, 0.4) is 0 Å². The first kappa shape index (κ1) is 10.2. The summed E-state index contributed by atoms with van der Waals surface area (Å²) in [6.07, 6.45) is 4.36. The molecule has 1 rings (SSSR count). The molecule has 0 radical (unpaired) electrons. The molecule has 0 amide bonds. The van der Waals surface area contributed by atoms with E-state index in [1.165, 1.54) is 0 Å². The van der Waals surface area contributed by atoms with Crippen molar-refractivity contribution < 1.29 is 9.84 Å². The second kappa shape index (κ2) is 4.99. The first-order valence-corrected chi connectivity index (χ1v) is 4.40. The van der Waals surface area contributed by atoms with Gasteiger partial charge in [-0.2, -0.15) is 0 Å². The molecule has 0 saturated heterocycles. The fraction of sp³-hybridized carbons (Fsp3) is 0.667. The predicted molar refractivity (Wildman–Crippen MR) is 49.4 cm³/mol. The van der Waals surface area contributed by atoms with Crippen molar-refractivity contribution in [3.63, 3.8) is 0 Å². The molecular weight excluding hydrogens is 168 g/mol. The highest BCUT2D eigenvalue weighted by atomic mass is 16.5. The van der Waals surface area contributed by atoms with Crippen LogP contribution in [0.25, 0.3) is 0 Å². The third-order valence-corrected chi connectivity index (χ3v) is 2.12. The first-order valence-electron chi connectivity index (χ1n) is 4.40. The Morgan fingerprint density at radius 3 is 3.08 bits per heavy atom. The molecule has 4 nitrogen and oxygen atoms in total. The first-order chi connectivity index (χ1) is 6.29. The van der Waals surface area contributed by atoms with E-state index in [1.54, 1.807) is 19.6 Å². The van der Waals surface area contributed by atoms with Gasteiger partial charge in [0, 0.05) is 19.8 Å². The zero-order valence-corrected chi connectivity index (χ0v) is 8.10. The molecule has 1 N–H and O–H groups in total. The molecule has 1 atom stereocenters. The summed E-state index contributed by atoms with van der Waals surface area (Å²) in [6, 6.07) is 0.324. The van der Waals surface area contributed by atoms with E-state index in [1.807, 2.05) is 4.57 Å². The number of methoxy groups -OCH3 is 1. The molecule has 0 aliphatic carbocycles. The molecule has 1 aromatic heterocycles. The van der Waals surface area contributed by atoms with Gasteiger partial charge in [-0.25, -0.2) is 4.98 Å². The Hall–Kier alpha value is -0.870. The summed E-state index contributed by atoms with van der Waals surface area (Å²) in [4.78, 5) is 3.98. The lowest BCUT2D eigenvalue weighted by Crippen LogP contribution is -2.09. The van der Waals surface area contributed by atoms with Crippen LogP contribution in [0, 0.1) is 0 Å². The van der Waals surface area contributed by atoms with E-state index in [2.05, 4.69) is 11.9 Å². The molecule has 0 aliphatic heterocycles. The van der Waals surface area contributed by atoms with Crippen molar-refractivity contribution in [1.82, 2.24) is 9.55 Å². The van der Waals surface area contributed by atoms with E-state index in [-0.39, 0.29) is 6.61 Å². The number of hydrogen-bond acceptors (Lipinski definition) is 3. The second-order valence-electron chi connectivity index (χ2n) is 3.08. The predicted octanol–water partition coefficient (Wildman–Crippen LogP) is 0.973. The van der Waals surface area contributed by atoms with E-state index in [0.29, 0.717) is 6.04 Å². The minimum Gasteiger partial charge on any atom is -0.390 e. The molecule has 4 heteroatoms. The van der Waals surface area contributed by atoms with Crippen LogP contribution in [0.4, 0.5) is 0 Å². The summed E-state index contributed by atoms with van der Waals surface area (Å²) < 4.78 is 6.96. The molecule has 0 fully saturated rings. The molecule has 13 heavy (non-hydrogen) atoms. The van der Waals surface area contributed by atoms with Gasteiger partial charge >= 0.3 is 0 Å². The number of aliphatic hydroxyl groups is 1. The van der Waals surface area contributed by atoms with E-state index in [0.717, 1.165) is 18.7 Å². The maximum absolute atomic E-state index is 8.99. The van der Waals surface area contributed by atoms with Crippen molar-refractivity contribution in [1.29, 1.82) is 0 Å². The van der Waals surface area contributed by atoms with Gasteiger partial charge in [0.1, 0.15) is 0 Å². The van der Waals surface area contributed by atoms with Crippen LogP contribution in [0.15, 0.2) is 12.5 Å². The Morgan fingerprint density at radius 1 is 1.69 bits per heavy atom. The number of ether oxygens (including phenoxy) is 1. The molecule has 0 spiro atoms. The standard InChI is InChI=1S/C9H16N2O2/c1-8(3-4-13-2)11-7-10-5-9(11)6-12/h5,7-8,12H,3-4,6H2,1-2H3. The van der Waals surface area contributed by atoms with Gasteiger partial charge in [-0.15, -0.1) is 0 Å². The highest BCUT2D eigenvalue weighted by molar-refractivity contribution is 4.97. The van der Waals surface area contributed by atoms with Crippen LogP contribution in [-0.4, -0.2) is 28.4 Å². The number of nitrogens with zero attached hydrogens (tertiary/aromatic N) is 2. The van der Waals surface area contributed by atoms with Crippen molar-refractivity contribution >= 4 is 0 Å². The third-order valence-electron chi connectivity index (χ3n) is 2.12. The molecular formula is C9H16N2O2. The van der Waals surface area contributed by atoms with Gasteiger partial charge < -0.3 is 14.4 Å². The molecule has 74 valence electrons. The minimum atomic E-state index is 0.0390. The van der Waals surface area contributed by atoms with Crippen molar-refractivity contribution in [3.05, 3.63) is 18.2 Å². The number of imidazole rings is 1. The summed E-state index contributed by atoms with van der Waals surface area (Å²) in [5.74, 6) is 0. The topological polar surface area (TPSA) is 47.3 Å². The van der Waals surface area contributed by atoms with Crippen molar-refractivity contribution in [3.8, 4) is 0 Å². The number of rotatable bonds is 5. The Labute approximate surface area is 78.2 Å². The molecule has 0 saturated carbocycles. The van der Waals surface area contributed by atoms with Gasteiger partial charge in [0.05, 0.1) is 24.8 Å². The van der Waals surface area contributed by atoms with E-state index in [4.69, 9.17) is 9.84 Å². The largest absolute Gasteiger partial charge is 0.390 e. The average molecular weight is 184 g/mol. The lowest BCUT2D eigenvalue weighted by atomic mass is 10.2. The van der Waals surface area contributed by atoms with Crippen LogP contribution >= 0.6 is 0 Å². The van der Waals surface area contributed by atoms with Crippen molar-refractivity contribution in [2.45, 2.75) is 26.0 Å². The Bertz CT molecular complexity index is 248. The molecule has 1 aromatic rings. The van der Waals surface area contributed by atoms with Crippen LogP contribution < -0.4 is 0 Å². The summed E-state index contributed by atoms with van der Waals surface area (Å²) in [5, 5.41) is 8.99. The second-order valence-corrected chi connectivity index (χ2v) is 3.08. The summed E-state index contributed by atoms with van der Waals surface area (Å²) in [5.41, 5.74) is 0.851. The van der Waals surface area contributed by atoms with Gasteiger partial charge in [-0.1, -0.05) is 0 Å². The lowest BCUT2D eigenvalue weighted by molar-refractivity contribution is 0.178. The summed E-state index contributed by atoms with van der Waals surface area (Å²) in [7, 11) is 1.69. The van der Waals surface area contributed by atoms with Crippen molar-refractivity contribution in [2.75, 3.05) is 13.7 Å². The van der Waals surface area contributed by atoms with Crippen LogP contribution in [-0.2, 0) is 11.3 Å². The number of aromatic nitrogens is 2. The number of hydrogen-bond donors (Lipinski definition) is 1. The molecule has 0 bridgehead atoms. The van der Waals surface area contributed by atoms with E-state index in [9.17, 15) is 0 Å². The quantitative estimate of drug-likeness (QED) is 0.741. The zero-order valence-electron chi connectivity index (χ0n) is 8.10. The average Bonchev–Trinajstić information content (AvgIpc) is 2.61. The molecule has 1 heterocycles. The highest BCUT2D eigenvalue weighted by Gasteiger charge is 2.07. The van der Waals surface area contributed by atoms with E-state index < -0.39 is 0 Å². The smallest absolute Gasteiger partial charge is 0.0951 e. The maximum Gasteiger partial charge on any atom is 0.0951 e. The van der Waals surface area contributed by atoms with Crippen LogP contribution in [0.5, 0.6) is 0 Å². The summed E-state index contributed by atoms with van der Waals surface area (Å²) >= 11 is 0. The summed E-state index contributed by atoms with van der Waals surface area (Å²) in [6.45, 7) is 2.85. The van der Waals surface area contributed by atoms with Gasteiger partial charge in [0.2, 0.25) is 0 Å². The SMILES string of the molecule is COCCC(C)n1cncc1CO. The molecule has 1 unspecified atom stereocenters. The van der Waals surface area contributed by atoms with E-state index >= 15 is 0 Å². The Morgan fingerprint density at radius 2 is 2.46 bits per heavy atom. The number of aliphatic hydroxyl groups excluding tert-OH is 1. The zero-order chi connectivity index (χ0) is 9.68. The van der Waals surface area contributed by atoms with Gasteiger partial charge in [0.15, 0.2) is 0 Å². The Kier molecular flexibility index (Phi) is 3.92. The fourth-order valence-electron chi connectivity index (χ4n) is 1.28.